The molecule has 2 aliphatic rings. The fourth-order valence-electron chi connectivity index (χ4n) is 7.11. The first kappa shape index (κ1) is 36.3. The number of ether oxygens (including phenoxy) is 2. The third-order valence-electron chi connectivity index (χ3n) is 9.87. The molecule has 0 bridgehead atoms. The van der Waals surface area contributed by atoms with Crippen LogP contribution >= 0.6 is 11.3 Å². The lowest BCUT2D eigenvalue weighted by Crippen LogP contribution is -2.40. The number of benzene rings is 2. The van der Waals surface area contributed by atoms with E-state index in [2.05, 4.69) is 11.5 Å². The van der Waals surface area contributed by atoms with E-state index >= 15 is 8.78 Å². The van der Waals surface area contributed by atoms with Crippen molar-refractivity contribution in [1.29, 1.82) is 0 Å². The molecule has 276 valence electrons. The van der Waals surface area contributed by atoms with Crippen molar-refractivity contribution in [2.45, 2.75) is 32.5 Å². The summed E-state index contributed by atoms with van der Waals surface area (Å²) < 4.78 is 60.5. The Morgan fingerprint density at radius 1 is 1.02 bits per heavy atom. The van der Waals surface area contributed by atoms with E-state index in [0.717, 1.165) is 40.2 Å². The van der Waals surface area contributed by atoms with Crippen molar-refractivity contribution in [3.63, 3.8) is 0 Å². The molecule has 0 radical (unpaired) electrons. The normalized spacial score (nSPS) is 15.7. The van der Waals surface area contributed by atoms with Gasteiger partial charge >= 0.3 is 0 Å². The Balaban J connectivity index is 1.43. The predicted octanol–water partition coefficient (Wildman–Crippen LogP) is 6.47. The van der Waals surface area contributed by atoms with Crippen LogP contribution in [0.2, 0.25) is 0 Å². The number of nitrogens with zero attached hydrogens (tertiary/aromatic N) is 6. The molecular formula is C39H39F3N6O4S. The Morgan fingerprint density at radius 3 is 2.58 bits per heavy atom. The highest BCUT2D eigenvalue weighted by atomic mass is 32.1. The first-order valence-corrected chi connectivity index (χ1v) is 18.1. The zero-order valence-corrected chi connectivity index (χ0v) is 30.7. The molecule has 0 aliphatic carbocycles. The molecule has 1 atom stereocenters. The van der Waals surface area contributed by atoms with Gasteiger partial charge in [-0.1, -0.05) is 18.7 Å². The number of thiophene rings is 1. The first-order valence-electron chi connectivity index (χ1n) is 17.3. The van der Waals surface area contributed by atoms with E-state index in [4.69, 9.17) is 19.6 Å². The molecule has 0 saturated carbocycles. The van der Waals surface area contributed by atoms with E-state index in [1.807, 2.05) is 25.1 Å². The van der Waals surface area contributed by atoms with Gasteiger partial charge in [-0.2, -0.15) is 5.10 Å². The maximum atomic E-state index is 16.3. The van der Waals surface area contributed by atoms with Crippen molar-refractivity contribution in [3.05, 3.63) is 88.7 Å². The van der Waals surface area contributed by atoms with Gasteiger partial charge in [0.15, 0.2) is 0 Å². The number of hydrogen-bond acceptors (Lipinski definition) is 8. The summed E-state index contributed by atoms with van der Waals surface area (Å²) >= 11 is 1.14. The minimum Gasteiger partial charge on any atom is -0.490 e. The van der Waals surface area contributed by atoms with E-state index < -0.39 is 17.5 Å². The van der Waals surface area contributed by atoms with Crippen molar-refractivity contribution < 1.29 is 32.2 Å². The number of amides is 2. The van der Waals surface area contributed by atoms with Gasteiger partial charge in [0, 0.05) is 74.9 Å². The van der Waals surface area contributed by atoms with Crippen molar-refractivity contribution in [2.24, 2.45) is 0 Å². The van der Waals surface area contributed by atoms with Crippen LogP contribution in [0.1, 0.15) is 29.8 Å². The number of carbonyl (C=O) groups excluding carboxylic acids is 2. The highest BCUT2D eigenvalue weighted by Crippen LogP contribution is 2.48. The molecule has 7 rings (SSSR count). The summed E-state index contributed by atoms with van der Waals surface area (Å²) in [6, 6.07) is 9.19. The second-order valence-corrected chi connectivity index (χ2v) is 14.3. The molecule has 5 heterocycles. The lowest BCUT2D eigenvalue weighted by atomic mass is 9.93. The first-order chi connectivity index (χ1) is 25.5. The molecule has 10 nitrogen and oxygen atoms in total. The highest BCUT2D eigenvalue weighted by Gasteiger charge is 2.32. The number of halogens is 3. The number of rotatable bonds is 10. The molecule has 0 N–H and O–H groups in total. The van der Waals surface area contributed by atoms with Crippen LogP contribution in [0.5, 0.6) is 5.75 Å². The van der Waals surface area contributed by atoms with E-state index in [9.17, 15) is 14.0 Å². The Labute approximate surface area is 309 Å². The number of likely N-dealkylation sites (N-methyl/N-ethyl adjacent to an activating group) is 1. The Bertz CT molecular complexity index is 2250. The van der Waals surface area contributed by atoms with Gasteiger partial charge in [-0.15, -0.1) is 11.3 Å². The summed E-state index contributed by atoms with van der Waals surface area (Å²) in [5.74, 6) is -2.73. The molecule has 0 spiro atoms. The zero-order chi connectivity index (χ0) is 37.6. The van der Waals surface area contributed by atoms with Crippen LogP contribution in [-0.4, -0.2) is 95.3 Å². The maximum absolute atomic E-state index is 16.3. The zero-order valence-electron chi connectivity index (χ0n) is 29.9. The average molecular weight is 745 g/mol. The van der Waals surface area contributed by atoms with Crippen molar-refractivity contribution in [3.8, 4) is 39.5 Å². The van der Waals surface area contributed by atoms with Crippen LogP contribution in [0.4, 0.5) is 13.2 Å². The molecule has 3 aromatic heterocycles. The third kappa shape index (κ3) is 6.82. The van der Waals surface area contributed by atoms with Gasteiger partial charge in [0.25, 0.3) is 0 Å². The van der Waals surface area contributed by atoms with Crippen molar-refractivity contribution in [2.75, 3.05) is 54.1 Å². The maximum Gasteiger partial charge on any atom is 0.246 e. The minimum absolute atomic E-state index is 0.0121. The third-order valence-corrected chi connectivity index (χ3v) is 10.8. The van der Waals surface area contributed by atoms with Gasteiger partial charge in [0.05, 0.1) is 47.4 Å². The van der Waals surface area contributed by atoms with Crippen molar-refractivity contribution in [1.82, 2.24) is 29.5 Å². The molecular weight excluding hydrogens is 706 g/mol. The largest absolute Gasteiger partial charge is 0.490 e. The lowest BCUT2D eigenvalue weighted by molar-refractivity contribution is -0.130. The minimum atomic E-state index is -0.953. The molecule has 2 aliphatic heterocycles. The van der Waals surface area contributed by atoms with Crippen LogP contribution in [0.3, 0.4) is 0 Å². The Morgan fingerprint density at radius 2 is 1.83 bits per heavy atom. The second kappa shape index (κ2) is 14.8. The quantitative estimate of drug-likeness (QED) is 0.120. The van der Waals surface area contributed by atoms with Crippen LogP contribution in [0, 0.1) is 17.5 Å². The van der Waals surface area contributed by atoms with Gasteiger partial charge in [-0.05, 0) is 42.7 Å². The van der Waals surface area contributed by atoms with Crippen LogP contribution in [0.15, 0.2) is 54.4 Å². The highest BCUT2D eigenvalue weighted by molar-refractivity contribution is 7.17. The molecule has 53 heavy (non-hydrogen) atoms. The van der Waals surface area contributed by atoms with Gasteiger partial charge in [0.1, 0.15) is 41.2 Å². The molecule has 2 aromatic carbocycles. The van der Waals surface area contributed by atoms with Gasteiger partial charge in [-0.3, -0.25) is 19.2 Å². The smallest absolute Gasteiger partial charge is 0.246 e. The van der Waals surface area contributed by atoms with Gasteiger partial charge in [-0.25, -0.2) is 18.2 Å². The second-order valence-electron chi connectivity index (χ2n) is 13.4. The summed E-state index contributed by atoms with van der Waals surface area (Å²) in [6.07, 6.45) is 1.97. The molecule has 0 saturated heterocycles. The fourth-order valence-corrected chi connectivity index (χ4v) is 8.04. The Kier molecular flexibility index (Phi) is 10.1. The number of pyridine rings is 1. The molecule has 2 amide bonds. The SMILES string of the molecule is C=CC(=O)N1CCn2nc(-c3nc(-c4ccc5c(c4)CCN(CC(=O)N(C)C)C5)c4scc(F)c4c3-c3c(F)cc(F)cc3OCCOC)cc2[C@H]1C. The standard InChI is InChI=1S/C39H39F3N6O4S/c1-6-32(49)47-11-12-48-30(22(47)2)18-29(44-48)38-36(34-27(41)16-26(40)17-31(34)52-14-13-51-5)35-28(42)21-53-39(35)37(43-38)24-7-8-25-19-46(10-9-23(25)15-24)20-33(50)45(3)4/h6-8,15-18,21-22H,1,9-14,19-20H2,2-5H3/t22-/m1/s1. The summed E-state index contributed by atoms with van der Waals surface area (Å²) in [4.78, 5) is 35.6. The fraction of sp³-hybridized carbons (Fsp3) is 0.333. The molecule has 0 fully saturated rings. The summed E-state index contributed by atoms with van der Waals surface area (Å²) in [6.45, 7) is 8.05. The number of hydrogen-bond donors (Lipinski definition) is 0. The summed E-state index contributed by atoms with van der Waals surface area (Å²) in [5.41, 5.74) is 4.52. The van der Waals surface area contributed by atoms with Crippen LogP contribution in [-0.2, 0) is 33.8 Å². The summed E-state index contributed by atoms with van der Waals surface area (Å²) in [5, 5.41) is 6.33. The monoisotopic (exact) mass is 744 g/mol. The van der Waals surface area contributed by atoms with E-state index in [1.54, 1.807) is 34.6 Å². The summed E-state index contributed by atoms with van der Waals surface area (Å²) in [7, 11) is 4.96. The molecule has 14 heteroatoms. The van der Waals surface area contributed by atoms with Crippen molar-refractivity contribution >= 4 is 33.2 Å². The number of fused-ring (bicyclic) bond motifs is 3. The van der Waals surface area contributed by atoms with Crippen LogP contribution < -0.4 is 4.74 Å². The van der Waals surface area contributed by atoms with E-state index in [0.29, 0.717) is 60.9 Å². The number of carbonyl (C=O) groups is 2. The molecule has 5 aromatic rings. The number of methoxy groups -OCH3 is 1. The lowest BCUT2D eigenvalue weighted by Gasteiger charge is -2.33. The average Bonchev–Trinajstić information content (AvgIpc) is 3.75. The van der Waals surface area contributed by atoms with Crippen LogP contribution in [0.25, 0.3) is 43.9 Å². The van der Waals surface area contributed by atoms with Gasteiger partial charge < -0.3 is 19.3 Å². The number of aromatic nitrogens is 3. The predicted molar refractivity (Wildman–Crippen MR) is 197 cm³/mol. The van der Waals surface area contributed by atoms with Gasteiger partial charge in [0.2, 0.25) is 11.8 Å². The van der Waals surface area contributed by atoms with E-state index in [-0.39, 0.29) is 59.0 Å². The molecule has 0 unspecified atom stereocenters. The topological polar surface area (TPSA) is 93.0 Å². The Hall–Kier alpha value is -5.05. The van der Waals surface area contributed by atoms with E-state index in [1.165, 1.54) is 18.6 Å².